The number of halogens is 7. The monoisotopic (exact) mass is 391 g/mol. The molecule has 0 saturated carbocycles. The van der Waals surface area contributed by atoms with Gasteiger partial charge in [0.15, 0.2) is 23.1 Å². The number of nitrogens with one attached hydrogen (secondary N) is 1. The minimum absolute atomic E-state index is 0.246. The van der Waals surface area contributed by atoms with Crippen LogP contribution in [-0.4, -0.2) is 19.3 Å². The summed E-state index contributed by atoms with van der Waals surface area (Å²) in [5.74, 6) is -9.35. The van der Waals surface area contributed by atoms with Gasteiger partial charge in [0.05, 0.1) is 11.3 Å². The van der Waals surface area contributed by atoms with Gasteiger partial charge in [0.1, 0.15) is 19.0 Å². The van der Waals surface area contributed by atoms with Crippen LogP contribution in [0.1, 0.15) is 0 Å². The molecule has 10 heteroatoms. The van der Waals surface area contributed by atoms with Crippen molar-refractivity contribution in [3.63, 3.8) is 0 Å². The van der Waals surface area contributed by atoms with Crippen molar-refractivity contribution in [3.05, 3.63) is 41.2 Å². The minimum Gasteiger partial charge on any atom is -0.475 e. The number of fused-ring (bicyclic) bond motifs is 1. The Balaban J connectivity index is 2.17. The predicted molar refractivity (Wildman–Crippen MR) is 80.1 cm³/mol. The molecule has 0 spiro atoms. The van der Waals surface area contributed by atoms with Crippen LogP contribution >= 0.6 is 0 Å². The van der Waals surface area contributed by atoms with Crippen LogP contribution in [-0.2, 0) is 0 Å². The first-order valence-electron chi connectivity index (χ1n) is 7.23. The van der Waals surface area contributed by atoms with Crippen LogP contribution in [0, 0.1) is 41.4 Å². The third kappa shape index (κ3) is 3.20. The van der Waals surface area contributed by atoms with Crippen LogP contribution in [0.15, 0.2) is 12.1 Å². The Morgan fingerprint density at radius 3 is 2.30 bits per heavy atom. The van der Waals surface area contributed by atoms with E-state index in [2.05, 4.69) is 14.8 Å². The van der Waals surface area contributed by atoms with Gasteiger partial charge in [-0.2, -0.15) is 17.6 Å². The summed E-state index contributed by atoms with van der Waals surface area (Å²) in [5, 5.41) is 2.18. The molecule has 1 aliphatic rings. The van der Waals surface area contributed by atoms with Gasteiger partial charge in [-0.3, -0.25) is 0 Å². The van der Waals surface area contributed by atoms with E-state index in [-0.39, 0.29) is 5.69 Å². The lowest BCUT2D eigenvalue weighted by Gasteiger charge is -2.27. The van der Waals surface area contributed by atoms with E-state index >= 15 is 0 Å². The van der Waals surface area contributed by atoms with Crippen LogP contribution in [0.25, 0.3) is 11.1 Å². The number of benzene rings is 2. The fourth-order valence-electron chi connectivity index (χ4n) is 2.45. The van der Waals surface area contributed by atoms with Crippen molar-refractivity contribution in [2.45, 2.75) is 6.11 Å². The molecule has 0 fully saturated rings. The first kappa shape index (κ1) is 18.7. The van der Waals surface area contributed by atoms with Crippen molar-refractivity contribution in [3.8, 4) is 35.0 Å². The van der Waals surface area contributed by atoms with Crippen LogP contribution < -0.4 is 14.8 Å². The first-order chi connectivity index (χ1) is 12.7. The summed E-state index contributed by atoms with van der Waals surface area (Å²) in [4.78, 5) is 0. The van der Waals surface area contributed by atoms with E-state index in [1.807, 2.05) is 5.92 Å². The van der Waals surface area contributed by atoms with Gasteiger partial charge in [0, 0.05) is 11.6 Å². The van der Waals surface area contributed by atoms with Crippen molar-refractivity contribution in [1.29, 1.82) is 0 Å². The Hall–Kier alpha value is -3.09. The van der Waals surface area contributed by atoms with Crippen molar-refractivity contribution in [1.82, 2.24) is 0 Å². The van der Waals surface area contributed by atoms with Gasteiger partial charge in [-0.25, -0.2) is 13.2 Å². The van der Waals surface area contributed by atoms with Gasteiger partial charge in [0.25, 0.3) is 0 Å². The molecule has 0 unspecified atom stereocenters. The lowest BCUT2D eigenvalue weighted by Crippen LogP contribution is -2.37. The standard InChI is InChI=1S/C17H8F7NO2/c1-2-3-26-16-14(21)12(19)11(13(20)15(16)22)7-4-9-10(5-8(7)18)27-17(23,24)6-25-9/h1,4-5,25H,3,6H2. The lowest BCUT2D eigenvalue weighted by atomic mass is 10.0. The Morgan fingerprint density at radius 2 is 1.70 bits per heavy atom. The number of hydrogen-bond acceptors (Lipinski definition) is 3. The maximum Gasteiger partial charge on any atom is 0.415 e. The molecule has 2 aromatic carbocycles. The molecule has 2 aromatic rings. The fourth-order valence-corrected chi connectivity index (χ4v) is 2.45. The van der Waals surface area contributed by atoms with Crippen molar-refractivity contribution in [2.75, 3.05) is 18.5 Å². The SMILES string of the molecule is C#CCOc1c(F)c(F)c(-c2cc3c(cc2F)OC(F)(F)CN3)c(F)c1F. The number of alkyl halides is 2. The van der Waals surface area contributed by atoms with Crippen LogP contribution in [0.4, 0.5) is 36.4 Å². The molecule has 1 heterocycles. The molecule has 0 saturated heterocycles. The predicted octanol–water partition coefficient (Wildman–Crippen LogP) is 4.46. The molecule has 1 N–H and O–H groups in total. The molecular formula is C17H8F7NO2. The van der Waals surface area contributed by atoms with E-state index in [4.69, 9.17) is 6.42 Å². The number of hydrogen-bond donors (Lipinski definition) is 1. The normalized spacial score (nSPS) is 14.6. The highest BCUT2D eigenvalue weighted by Gasteiger charge is 2.37. The summed E-state index contributed by atoms with van der Waals surface area (Å²) in [7, 11) is 0. The number of terminal acetylenes is 1. The molecule has 3 rings (SSSR count). The summed E-state index contributed by atoms with van der Waals surface area (Å²) < 4.78 is 106. The summed E-state index contributed by atoms with van der Waals surface area (Å²) in [5.41, 5.74) is -2.53. The zero-order valence-electron chi connectivity index (χ0n) is 13.1. The Kier molecular flexibility index (Phi) is 4.55. The van der Waals surface area contributed by atoms with E-state index in [9.17, 15) is 30.7 Å². The van der Waals surface area contributed by atoms with E-state index in [1.54, 1.807) is 0 Å². The molecule has 0 amide bonds. The summed E-state index contributed by atoms with van der Waals surface area (Å²) in [6, 6.07) is 1.12. The molecule has 0 atom stereocenters. The summed E-state index contributed by atoms with van der Waals surface area (Å²) in [6.45, 7) is -1.67. The molecular weight excluding hydrogens is 383 g/mol. The average molecular weight is 391 g/mol. The van der Waals surface area contributed by atoms with E-state index in [0.29, 0.717) is 12.1 Å². The second kappa shape index (κ2) is 6.57. The van der Waals surface area contributed by atoms with Gasteiger partial charge in [0.2, 0.25) is 11.6 Å². The minimum atomic E-state index is -3.63. The van der Waals surface area contributed by atoms with Crippen molar-refractivity contribution >= 4 is 5.69 Å². The molecule has 0 radical (unpaired) electrons. The molecule has 1 aliphatic heterocycles. The summed E-state index contributed by atoms with van der Waals surface area (Å²) in [6.07, 6.45) is 1.21. The molecule has 0 aliphatic carbocycles. The van der Waals surface area contributed by atoms with Crippen LogP contribution in [0.2, 0.25) is 0 Å². The Morgan fingerprint density at radius 1 is 1.07 bits per heavy atom. The highest BCUT2D eigenvalue weighted by atomic mass is 19.3. The van der Waals surface area contributed by atoms with E-state index in [1.165, 1.54) is 0 Å². The highest BCUT2D eigenvalue weighted by Crippen LogP contribution is 2.42. The van der Waals surface area contributed by atoms with Gasteiger partial charge < -0.3 is 14.8 Å². The second-order valence-corrected chi connectivity index (χ2v) is 5.37. The molecule has 142 valence electrons. The summed E-state index contributed by atoms with van der Waals surface area (Å²) >= 11 is 0. The largest absolute Gasteiger partial charge is 0.475 e. The molecule has 0 bridgehead atoms. The lowest BCUT2D eigenvalue weighted by molar-refractivity contribution is -0.167. The van der Waals surface area contributed by atoms with Crippen LogP contribution in [0.5, 0.6) is 11.5 Å². The van der Waals surface area contributed by atoms with E-state index < -0.39 is 71.0 Å². The Bertz CT molecular complexity index is 940. The zero-order chi connectivity index (χ0) is 19.9. The number of ether oxygens (including phenoxy) is 2. The average Bonchev–Trinajstić information content (AvgIpc) is 2.60. The van der Waals surface area contributed by atoms with Gasteiger partial charge in [-0.1, -0.05) is 5.92 Å². The third-order valence-electron chi connectivity index (χ3n) is 3.61. The van der Waals surface area contributed by atoms with Crippen molar-refractivity contribution < 1.29 is 40.2 Å². The van der Waals surface area contributed by atoms with Gasteiger partial charge in [-0.05, 0) is 6.07 Å². The van der Waals surface area contributed by atoms with Gasteiger partial charge >= 0.3 is 6.11 Å². The topological polar surface area (TPSA) is 30.5 Å². The molecule has 3 nitrogen and oxygen atoms in total. The smallest absolute Gasteiger partial charge is 0.415 e. The third-order valence-corrected chi connectivity index (χ3v) is 3.61. The fraction of sp³-hybridized carbons (Fsp3) is 0.176. The number of anilines is 1. The maximum atomic E-state index is 14.3. The van der Waals surface area contributed by atoms with E-state index in [0.717, 1.165) is 0 Å². The van der Waals surface area contributed by atoms with Crippen molar-refractivity contribution in [2.24, 2.45) is 0 Å². The highest BCUT2D eigenvalue weighted by molar-refractivity contribution is 5.74. The maximum absolute atomic E-state index is 14.3. The number of rotatable bonds is 3. The quantitative estimate of drug-likeness (QED) is 0.476. The Labute approximate surface area is 147 Å². The van der Waals surface area contributed by atoms with Gasteiger partial charge in [-0.15, -0.1) is 6.42 Å². The zero-order valence-corrected chi connectivity index (χ0v) is 13.1. The van der Waals surface area contributed by atoms with Crippen LogP contribution in [0.3, 0.4) is 0 Å². The molecule has 0 aromatic heterocycles. The second-order valence-electron chi connectivity index (χ2n) is 5.37. The first-order valence-corrected chi connectivity index (χ1v) is 7.23. The molecule has 27 heavy (non-hydrogen) atoms.